The lowest BCUT2D eigenvalue weighted by molar-refractivity contribution is 0.603. The number of benzene rings is 1. The molecule has 88 valence electrons. The van der Waals surface area contributed by atoms with Crippen molar-refractivity contribution in [2.24, 2.45) is 0 Å². The zero-order chi connectivity index (χ0) is 11.9. The SMILES string of the molecule is c1ccc([C@@H]2CSc3c4ncnc-4ncn32)cc1. The van der Waals surface area contributed by atoms with E-state index in [1.807, 2.05) is 24.2 Å². The summed E-state index contributed by atoms with van der Waals surface area (Å²) in [5, 5.41) is 1.17. The van der Waals surface area contributed by atoms with Crippen LogP contribution >= 0.6 is 11.8 Å². The van der Waals surface area contributed by atoms with Crippen LogP contribution in [0.25, 0.3) is 11.5 Å². The Hall–Kier alpha value is -1.88. The normalized spacial score (nSPS) is 18.1. The van der Waals surface area contributed by atoms with Crippen LogP contribution in [0.5, 0.6) is 0 Å². The second-order valence-electron chi connectivity index (χ2n) is 4.24. The Bertz CT molecular complexity index is 664. The molecule has 1 aromatic rings. The lowest BCUT2D eigenvalue weighted by Crippen LogP contribution is -2.10. The van der Waals surface area contributed by atoms with E-state index >= 15 is 0 Å². The average molecular weight is 254 g/mol. The molecule has 0 fully saturated rings. The van der Waals surface area contributed by atoms with Gasteiger partial charge in [0.2, 0.25) is 0 Å². The number of fused-ring (bicyclic) bond motifs is 3. The molecule has 0 radical (unpaired) electrons. The van der Waals surface area contributed by atoms with Crippen molar-refractivity contribution in [3.05, 3.63) is 48.5 Å². The van der Waals surface area contributed by atoms with Crippen molar-refractivity contribution in [2.75, 3.05) is 5.75 Å². The molecule has 0 unspecified atom stereocenters. The van der Waals surface area contributed by atoms with E-state index < -0.39 is 0 Å². The van der Waals surface area contributed by atoms with Crippen LogP contribution < -0.4 is 0 Å². The fraction of sp³-hybridized carbons (Fsp3) is 0.154. The van der Waals surface area contributed by atoms with Gasteiger partial charge in [-0.1, -0.05) is 30.3 Å². The van der Waals surface area contributed by atoms with Gasteiger partial charge in [-0.05, 0) is 5.56 Å². The van der Waals surface area contributed by atoms with Gasteiger partial charge in [0.15, 0.2) is 5.82 Å². The largest absolute Gasteiger partial charge is 0.317 e. The maximum absolute atomic E-state index is 4.36. The van der Waals surface area contributed by atoms with Gasteiger partial charge in [0.25, 0.3) is 0 Å². The fourth-order valence-electron chi connectivity index (χ4n) is 2.33. The molecule has 4 rings (SSSR count). The van der Waals surface area contributed by atoms with Crippen molar-refractivity contribution in [3.63, 3.8) is 0 Å². The summed E-state index contributed by atoms with van der Waals surface area (Å²) in [6, 6.07) is 10.9. The lowest BCUT2D eigenvalue weighted by Gasteiger charge is -2.14. The molecule has 0 saturated heterocycles. The van der Waals surface area contributed by atoms with E-state index in [1.54, 1.807) is 6.33 Å². The molecule has 0 aromatic heterocycles. The van der Waals surface area contributed by atoms with Crippen LogP contribution in [0, 0.1) is 0 Å². The van der Waals surface area contributed by atoms with Gasteiger partial charge in [-0.15, -0.1) is 11.8 Å². The molecule has 1 atom stereocenters. The highest BCUT2D eigenvalue weighted by Gasteiger charge is 2.28. The molecule has 0 N–H and O–H groups in total. The molecule has 0 spiro atoms. The first-order chi connectivity index (χ1) is 8.93. The Morgan fingerprint density at radius 2 is 2.00 bits per heavy atom. The van der Waals surface area contributed by atoms with Crippen molar-refractivity contribution >= 4 is 11.8 Å². The molecule has 5 heteroatoms. The van der Waals surface area contributed by atoms with Gasteiger partial charge in [-0.3, -0.25) is 0 Å². The van der Waals surface area contributed by atoms with Gasteiger partial charge in [0, 0.05) is 5.75 Å². The quantitative estimate of drug-likeness (QED) is 0.626. The summed E-state index contributed by atoms with van der Waals surface area (Å²) in [5.41, 5.74) is 2.23. The van der Waals surface area contributed by atoms with Gasteiger partial charge < -0.3 is 4.57 Å². The summed E-state index contributed by atoms with van der Waals surface area (Å²) >= 11 is 1.83. The molecule has 0 saturated carbocycles. The predicted octanol–water partition coefficient (Wildman–Crippen LogP) is 2.47. The second-order valence-corrected chi connectivity index (χ2v) is 5.25. The maximum Gasteiger partial charge on any atom is 0.183 e. The molecule has 4 nitrogen and oxygen atoms in total. The van der Waals surface area contributed by atoms with Gasteiger partial charge >= 0.3 is 0 Å². The van der Waals surface area contributed by atoms with Crippen LogP contribution in [0.3, 0.4) is 0 Å². The van der Waals surface area contributed by atoms with Gasteiger partial charge in [-0.25, -0.2) is 15.0 Å². The Kier molecular flexibility index (Phi) is 2.14. The first kappa shape index (κ1) is 10.1. The number of rotatable bonds is 1. The molecule has 0 bridgehead atoms. The predicted molar refractivity (Wildman–Crippen MR) is 69.7 cm³/mol. The summed E-state index contributed by atoms with van der Waals surface area (Å²) in [5.74, 6) is 1.76. The third-order valence-electron chi connectivity index (χ3n) is 3.22. The lowest BCUT2D eigenvalue weighted by atomic mass is 10.1. The number of nitrogens with zero attached hydrogens (tertiary/aromatic N) is 4. The summed E-state index contributed by atoms with van der Waals surface area (Å²) in [7, 11) is 0. The summed E-state index contributed by atoms with van der Waals surface area (Å²) in [6.07, 6.45) is 3.46. The minimum absolute atomic E-state index is 0.347. The van der Waals surface area contributed by atoms with Crippen LogP contribution in [0.1, 0.15) is 11.6 Å². The topological polar surface area (TPSA) is 43.6 Å². The summed E-state index contributed by atoms with van der Waals surface area (Å²) < 4.78 is 2.21. The van der Waals surface area contributed by atoms with Gasteiger partial charge in [0.1, 0.15) is 17.0 Å². The Balaban J connectivity index is 1.88. The molecular weight excluding hydrogens is 244 g/mol. The zero-order valence-corrected chi connectivity index (χ0v) is 10.3. The van der Waals surface area contributed by atoms with E-state index in [9.17, 15) is 0 Å². The van der Waals surface area contributed by atoms with Crippen LogP contribution in [-0.2, 0) is 0 Å². The van der Waals surface area contributed by atoms with Gasteiger partial charge in [-0.2, -0.15) is 0 Å². The van der Waals surface area contributed by atoms with Crippen LogP contribution in [-0.4, -0.2) is 25.3 Å². The number of hydrogen-bond donors (Lipinski definition) is 0. The molecule has 0 amide bonds. The molecule has 0 aliphatic carbocycles. The molecule has 3 aliphatic heterocycles. The standard InChI is InChI=1S/C13H10N4S/c1-2-4-9(5-3-1)10-6-18-13-11-12(15-7-14-11)16-8-17(10)13/h1-5,7-8,10H,6H2/t10-/m0/s1. The molecule has 3 heterocycles. The Morgan fingerprint density at radius 3 is 2.89 bits per heavy atom. The van der Waals surface area contributed by atoms with Crippen molar-refractivity contribution in [3.8, 4) is 11.5 Å². The van der Waals surface area contributed by atoms with E-state index in [2.05, 4.69) is 43.8 Å². The Morgan fingerprint density at radius 1 is 1.11 bits per heavy atom. The molecule has 3 aliphatic rings. The highest BCUT2D eigenvalue weighted by atomic mass is 32.2. The summed E-state index contributed by atoms with van der Waals surface area (Å²) in [4.78, 5) is 12.8. The fourth-order valence-corrected chi connectivity index (χ4v) is 3.61. The molecule has 18 heavy (non-hydrogen) atoms. The van der Waals surface area contributed by atoms with Gasteiger partial charge in [0.05, 0.1) is 12.4 Å². The van der Waals surface area contributed by atoms with Crippen LogP contribution in [0.2, 0.25) is 0 Å². The van der Waals surface area contributed by atoms with E-state index in [-0.39, 0.29) is 0 Å². The Labute approximate surface area is 108 Å². The number of aromatic nitrogens is 4. The van der Waals surface area contributed by atoms with E-state index in [1.165, 1.54) is 10.6 Å². The average Bonchev–Trinajstić information content (AvgIpc) is 3.05. The number of hydrogen-bond acceptors (Lipinski definition) is 4. The number of imidazole rings is 1. The highest BCUT2D eigenvalue weighted by Crippen LogP contribution is 2.41. The minimum Gasteiger partial charge on any atom is -0.317 e. The van der Waals surface area contributed by atoms with E-state index in [0.29, 0.717) is 6.04 Å². The zero-order valence-electron chi connectivity index (χ0n) is 9.52. The first-order valence-electron chi connectivity index (χ1n) is 5.79. The van der Waals surface area contributed by atoms with E-state index in [0.717, 1.165) is 17.3 Å². The van der Waals surface area contributed by atoms with E-state index in [4.69, 9.17) is 0 Å². The molecular formula is C13H10N4S. The smallest absolute Gasteiger partial charge is 0.183 e. The van der Waals surface area contributed by atoms with Crippen LogP contribution in [0.15, 0.2) is 48.0 Å². The summed E-state index contributed by atoms with van der Waals surface area (Å²) in [6.45, 7) is 0. The molecule has 1 aromatic carbocycles. The third kappa shape index (κ3) is 1.37. The third-order valence-corrected chi connectivity index (χ3v) is 4.38. The highest BCUT2D eigenvalue weighted by molar-refractivity contribution is 7.99. The van der Waals surface area contributed by atoms with Crippen LogP contribution in [0.4, 0.5) is 0 Å². The van der Waals surface area contributed by atoms with Crippen molar-refractivity contribution < 1.29 is 0 Å². The number of thioether (sulfide) groups is 1. The van der Waals surface area contributed by atoms with Crippen molar-refractivity contribution in [1.29, 1.82) is 0 Å². The second kappa shape index (κ2) is 3.81. The minimum atomic E-state index is 0.347. The first-order valence-corrected chi connectivity index (χ1v) is 6.77. The van der Waals surface area contributed by atoms with Crippen molar-refractivity contribution in [2.45, 2.75) is 11.1 Å². The monoisotopic (exact) mass is 254 g/mol. The maximum atomic E-state index is 4.36. The van der Waals surface area contributed by atoms with Crippen molar-refractivity contribution in [1.82, 2.24) is 19.5 Å².